The summed E-state index contributed by atoms with van der Waals surface area (Å²) in [6.07, 6.45) is 10.4. The number of nitrogens with zero attached hydrogens (tertiary/aromatic N) is 2. The van der Waals surface area contributed by atoms with Crippen LogP contribution in [0.5, 0.6) is 23.5 Å². The van der Waals surface area contributed by atoms with Crippen LogP contribution in [0.15, 0.2) is 24.3 Å². The number of hydrogen-bond acceptors (Lipinski definition) is 10. The molecule has 0 saturated heterocycles. The minimum Gasteiger partial charge on any atom is -0.492 e. The van der Waals surface area contributed by atoms with Crippen LogP contribution in [0.25, 0.3) is 0 Å². The average molecular weight is 545 g/mol. The molecule has 0 aliphatic rings. The average Bonchev–Trinajstić information content (AvgIpc) is 3.34. The summed E-state index contributed by atoms with van der Waals surface area (Å²) in [6.45, 7) is 0. The van der Waals surface area contributed by atoms with Gasteiger partial charge in [0.2, 0.25) is 23.5 Å². The van der Waals surface area contributed by atoms with Crippen LogP contribution >= 0.6 is 21.6 Å². The highest BCUT2D eigenvalue weighted by atomic mass is 33.1. The number of hydrogen-bond donors (Lipinski definition) is 4. The van der Waals surface area contributed by atoms with Crippen LogP contribution < -0.4 is 9.68 Å². The van der Waals surface area contributed by atoms with Gasteiger partial charge in [0.15, 0.2) is 0 Å². The normalized spacial score (nSPS) is 11.0. The third-order valence-corrected chi connectivity index (χ3v) is 7.86. The van der Waals surface area contributed by atoms with Crippen LogP contribution in [-0.4, -0.2) is 53.3 Å². The molecule has 0 unspecified atom stereocenters. The molecule has 0 aromatic carbocycles. The highest BCUT2D eigenvalue weighted by Gasteiger charge is 2.12. The monoisotopic (exact) mass is 544 g/mol. The van der Waals surface area contributed by atoms with Crippen molar-refractivity contribution in [2.45, 2.75) is 77.0 Å². The fourth-order valence-corrected chi connectivity index (χ4v) is 5.62. The first-order valence-corrected chi connectivity index (χ1v) is 14.7. The number of aromatic hydroxyl groups is 4. The Labute approximate surface area is 218 Å². The molecule has 0 aliphatic carbocycles. The maximum atomic E-state index is 11.7. The quantitative estimate of drug-likeness (QED) is 0.144. The molecule has 10 nitrogen and oxygen atoms in total. The third kappa shape index (κ3) is 11.4. The lowest BCUT2D eigenvalue weighted by Gasteiger charge is -2.07. The van der Waals surface area contributed by atoms with E-state index in [1.165, 1.54) is 24.3 Å². The summed E-state index contributed by atoms with van der Waals surface area (Å²) in [7, 11) is 3.78. The smallest absolute Gasteiger partial charge is 0.333 e. The van der Waals surface area contributed by atoms with Gasteiger partial charge in [-0.3, -0.25) is 0 Å². The molecule has 2 aromatic rings. The molecule has 36 heavy (non-hydrogen) atoms. The number of rotatable bonds is 19. The van der Waals surface area contributed by atoms with Crippen molar-refractivity contribution in [2.24, 2.45) is 0 Å². The van der Waals surface area contributed by atoms with Crippen LogP contribution in [0, 0.1) is 0 Å². The van der Waals surface area contributed by atoms with Crippen LogP contribution in [-0.2, 0) is 9.59 Å². The Hall–Kier alpha value is -2.60. The van der Waals surface area contributed by atoms with Crippen molar-refractivity contribution >= 4 is 33.5 Å². The van der Waals surface area contributed by atoms with Crippen molar-refractivity contribution in [3.05, 3.63) is 24.3 Å². The molecule has 0 amide bonds. The lowest BCUT2D eigenvalue weighted by Crippen LogP contribution is -2.18. The minimum atomic E-state index is -0.485. The van der Waals surface area contributed by atoms with E-state index in [2.05, 4.69) is 0 Å². The third-order valence-electron chi connectivity index (χ3n) is 5.28. The van der Waals surface area contributed by atoms with Crippen molar-refractivity contribution < 1.29 is 39.7 Å². The van der Waals surface area contributed by atoms with E-state index in [0.717, 1.165) is 62.9 Å². The zero-order valence-corrected chi connectivity index (χ0v) is 22.0. The highest BCUT2D eigenvalue weighted by Crippen LogP contribution is 2.25. The zero-order valence-electron chi connectivity index (χ0n) is 20.3. The first-order chi connectivity index (χ1) is 17.4. The Morgan fingerprint density at radius 3 is 1.22 bits per heavy atom. The van der Waals surface area contributed by atoms with E-state index in [4.69, 9.17) is 9.68 Å². The van der Waals surface area contributed by atoms with E-state index in [9.17, 15) is 30.0 Å². The maximum absolute atomic E-state index is 11.7. The molecule has 2 aromatic heterocycles. The fourth-order valence-electron chi connectivity index (χ4n) is 3.32. The summed E-state index contributed by atoms with van der Waals surface area (Å²) in [6, 6.07) is 4.99. The van der Waals surface area contributed by atoms with E-state index >= 15 is 0 Å². The first kappa shape index (κ1) is 29.6. The Morgan fingerprint density at radius 1 is 0.556 bits per heavy atom. The van der Waals surface area contributed by atoms with E-state index < -0.39 is 11.9 Å². The maximum Gasteiger partial charge on any atom is 0.333 e. The predicted octanol–water partition coefficient (Wildman–Crippen LogP) is 4.79. The summed E-state index contributed by atoms with van der Waals surface area (Å²) in [4.78, 5) is 33.3. The van der Waals surface area contributed by atoms with Crippen molar-refractivity contribution in [2.75, 3.05) is 11.5 Å². The molecule has 0 fully saturated rings. The molecule has 4 N–H and O–H groups in total. The Bertz CT molecular complexity index is 818. The SMILES string of the molecule is O=C(CCCCCCCSSCCCCCCCC(=O)On1c(O)ccc1O)On1c(O)ccc1O. The first-order valence-electron chi connectivity index (χ1n) is 12.2. The van der Waals surface area contributed by atoms with Crippen LogP contribution in [0.4, 0.5) is 0 Å². The van der Waals surface area contributed by atoms with Gasteiger partial charge < -0.3 is 30.1 Å². The van der Waals surface area contributed by atoms with Gasteiger partial charge >= 0.3 is 11.9 Å². The van der Waals surface area contributed by atoms with Crippen molar-refractivity contribution in [1.29, 1.82) is 0 Å². The summed E-state index contributed by atoms with van der Waals surface area (Å²) in [5.74, 6) is -0.0169. The Morgan fingerprint density at radius 2 is 0.861 bits per heavy atom. The van der Waals surface area contributed by atoms with Gasteiger partial charge in [-0.15, -0.1) is 9.46 Å². The molecule has 0 bridgehead atoms. The van der Waals surface area contributed by atoms with E-state index in [0.29, 0.717) is 22.3 Å². The summed E-state index contributed by atoms with van der Waals surface area (Å²) in [5.41, 5.74) is 0. The Balaban J connectivity index is 1.31. The second-order valence-electron chi connectivity index (χ2n) is 8.29. The standard InChI is InChI=1S/C24H36N2O8S2/c27-19-13-14-20(28)25(19)33-23(31)11-7-3-1-5-9-17-35-36-18-10-6-2-4-8-12-24(32)34-26-21(29)15-16-22(26)30/h13-16,27-30H,1-12,17-18H2. The molecule has 0 spiro atoms. The van der Waals surface area contributed by atoms with Crippen molar-refractivity contribution in [1.82, 2.24) is 9.46 Å². The Kier molecular flexibility index (Phi) is 14.0. The van der Waals surface area contributed by atoms with Gasteiger partial charge in [0.1, 0.15) is 0 Å². The number of carbonyl (C=O) groups excluding carboxylic acids is 2. The van der Waals surface area contributed by atoms with Crippen LogP contribution in [0.1, 0.15) is 77.0 Å². The molecule has 0 saturated carbocycles. The number of aromatic nitrogens is 2. The second kappa shape index (κ2) is 17.0. The number of unbranched alkanes of at least 4 members (excludes halogenated alkanes) is 8. The zero-order chi connectivity index (χ0) is 26.2. The minimum absolute atomic E-state index is 0.245. The van der Waals surface area contributed by atoms with Gasteiger partial charge in [0.25, 0.3) is 0 Å². The van der Waals surface area contributed by atoms with Crippen molar-refractivity contribution in [3.8, 4) is 23.5 Å². The van der Waals surface area contributed by atoms with Crippen LogP contribution in [0.3, 0.4) is 0 Å². The largest absolute Gasteiger partial charge is 0.492 e. The molecular weight excluding hydrogens is 508 g/mol. The molecule has 0 radical (unpaired) electrons. The highest BCUT2D eigenvalue weighted by molar-refractivity contribution is 8.76. The summed E-state index contributed by atoms with van der Waals surface area (Å²) >= 11 is 0. The van der Waals surface area contributed by atoms with E-state index in [1.807, 2.05) is 21.6 Å². The lowest BCUT2D eigenvalue weighted by atomic mass is 10.1. The van der Waals surface area contributed by atoms with Gasteiger partial charge in [0.05, 0.1) is 0 Å². The molecule has 202 valence electrons. The van der Waals surface area contributed by atoms with E-state index in [1.54, 1.807) is 0 Å². The van der Waals surface area contributed by atoms with Gasteiger partial charge in [-0.25, -0.2) is 9.59 Å². The van der Waals surface area contributed by atoms with E-state index in [-0.39, 0.29) is 36.4 Å². The van der Waals surface area contributed by atoms with Gasteiger partial charge in [0, 0.05) is 48.6 Å². The van der Waals surface area contributed by atoms with Crippen molar-refractivity contribution in [3.63, 3.8) is 0 Å². The predicted molar refractivity (Wildman–Crippen MR) is 139 cm³/mol. The fraction of sp³-hybridized carbons (Fsp3) is 0.583. The molecule has 2 heterocycles. The molecule has 12 heteroatoms. The molecule has 2 rings (SSSR count). The van der Waals surface area contributed by atoms with Gasteiger partial charge in [-0.2, -0.15) is 0 Å². The van der Waals surface area contributed by atoms with Gasteiger partial charge in [-0.1, -0.05) is 60.1 Å². The number of carbonyl (C=O) groups is 2. The summed E-state index contributed by atoms with van der Waals surface area (Å²) in [5, 5.41) is 37.8. The van der Waals surface area contributed by atoms with Crippen LogP contribution in [0.2, 0.25) is 0 Å². The van der Waals surface area contributed by atoms with Gasteiger partial charge in [-0.05, 0) is 25.7 Å². The summed E-state index contributed by atoms with van der Waals surface area (Å²) < 4.78 is 1.42. The topological polar surface area (TPSA) is 143 Å². The lowest BCUT2D eigenvalue weighted by molar-refractivity contribution is -0.146. The molecular formula is C24H36N2O8S2. The molecule has 0 atom stereocenters. The second-order valence-corrected chi connectivity index (χ2v) is 11.0. The molecule has 0 aliphatic heterocycles.